The number of nitrogens with one attached hydrogen (secondary N) is 3. The Kier molecular flexibility index (Phi) is 7.70. The Hall–Kier alpha value is -4.35. The molecule has 0 aliphatic rings. The topological polar surface area (TPSA) is 131 Å². The van der Waals surface area contributed by atoms with E-state index in [0.717, 1.165) is 5.56 Å². The van der Waals surface area contributed by atoms with E-state index < -0.39 is 26.0 Å². The molecule has 38 heavy (non-hydrogen) atoms. The third kappa shape index (κ3) is 6.50. The first-order valence-electron chi connectivity index (χ1n) is 11.3. The molecule has 196 valence electrons. The number of ether oxygens (including phenoxy) is 1. The highest BCUT2D eigenvalue weighted by Gasteiger charge is 2.16. The van der Waals surface area contributed by atoms with Crippen LogP contribution in [0.2, 0.25) is 0 Å². The minimum absolute atomic E-state index is 0.0246. The maximum absolute atomic E-state index is 12.7. The molecular weight excluding hydrogens is 526 g/mol. The molecule has 4 aromatic carbocycles. The lowest BCUT2D eigenvalue weighted by Crippen LogP contribution is -2.15. The van der Waals surface area contributed by atoms with Gasteiger partial charge in [-0.1, -0.05) is 17.7 Å². The Morgan fingerprint density at radius 1 is 0.605 bits per heavy atom. The van der Waals surface area contributed by atoms with E-state index in [1.54, 1.807) is 36.4 Å². The van der Waals surface area contributed by atoms with Gasteiger partial charge in [-0.25, -0.2) is 16.8 Å². The molecule has 0 saturated carbocycles. The fraction of sp³-hybridized carbons (Fsp3) is 0.0741. The molecule has 0 atom stereocenters. The second-order valence-electron chi connectivity index (χ2n) is 8.31. The molecule has 9 nitrogen and oxygen atoms in total. The van der Waals surface area contributed by atoms with Crippen molar-refractivity contribution < 1.29 is 26.4 Å². The van der Waals surface area contributed by atoms with Crippen LogP contribution in [0.15, 0.2) is 107 Å². The number of carbonyl (C=O) groups excluding carboxylic acids is 1. The Morgan fingerprint density at radius 2 is 1.03 bits per heavy atom. The molecule has 0 saturated heterocycles. The molecule has 0 bridgehead atoms. The minimum atomic E-state index is -3.83. The van der Waals surface area contributed by atoms with Gasteiger partial charge in [-0.15, -0.1) is 0 Å². The number of aryl methyl sites for hydroxylation is 1. The first kappa shape index (κ1) is 26.7. The highest BCUT2D eigenvalue weighted by atomic mass is 32.2. The summed E-state index contributed by atoms with van der Waals surface area (Å²) in [5.74, 6) is 0.163. The molecule has 0 radical (unpaired) electrons. The van der Waals surface area contributed by atoms with Crippen LogP contribution in [0.1, 0.15) is 15.9 Å². The molecule has 1 amide bonds. The average Bonchev–Trinajstić information content (AvgIpc) is 2.89. The lowest BCUT2D eigenvalue weighted by atomic mass is 10.2. The average molecular weight is 552 g/mol. The van der Waals surface area contributed by atoms with Crippen molar-refractivity contribution in [2.75, 3.05) is 21.9 Å². The van der Waals surface area contributed by atoms with Gasteiger partial charge in [0.15, 0.2) is 0 Å². The van der Waals surface area contributed by atoms with Crippen molar-refractivity contribution in [1.29, 1.82) is 0 Å². The summed E-state index contributed by atoms with van der Waals surface area (Å²) >= 11 is 0. The van der Waals surface area contributed by atoms with Gasteiger partial charge < -0.3 is 10.1 Å². The number of hydrogen-bond donors (Lipinski definition) is 3. The maximum atomic E-state index is 12.7. The molecular formula is C27H25N3O6S2. The van der Waals surface area contributed by atoms with Crippen LogP contribution in [0, 0.1) is 6.92 Å². The molecule has 0 aliphatic heterocycles. The Labute approximate surface area is 221 Å². The second-order valence-corrected chi connectivity index (χ2v) is 11.7. The highest BCUT2D eigenvalue weighted by Crippen LogP contribution is 2.22. The van der Waals surface area contributed by atoms with Crippen LogP contribution in [-0.4, -0.2) is 29.9 Å². The van der Waals surface area contributed by atoms with Crippen LogP contribution in [0.25, 0.3) is 0 Å². The fourth-order valence-electron chi connectivity index (χ4n) is 3.41. The zero-order valence-electron chi connectivity index (χ0n) is 20.5. The van der Waals surface area contributed by atoms with E-state index >= 15 is 0 Å². The fourth-order valence-corrected chi connectivity index (χ4v) is 5.53. The van der Waals surface area contributed by atoms with Crippen molar-refractivity contribution in [3.63, 3.8) is 0 Å². The standard InChI is InChI=1S/C27H25N3O6S2/c1-19-3-15-25(16-4-19)37(32,33)29-22-7-5-20(6-8-22)27(31)28-21-11-17-26(18-12-21)38(34,35)30-23-9-13-24(36-2)14-10-23/h3-18,29-30H,1-2H3,(H,28,31). The predicted octanol–water partition coefficient (Wildman–Crippen LogP) is 4.86. The van der Waals surface area contributed by atoms with Crippen LogP contribution in [0.5, 0.6) is 5.75 Å². The number of benzene rings is 4. The quantitative estimate of drug-likeness (QED) is 0.272. The molecule has 0 spiro atoms. The molecule has 4 aromatic rings. The molecule has 0 unspecified atom stereocenters. The monoisotopic (exact) mass is 551 g/mol. The van der Waals surface area contributed by atoms with Gasteiger partial charge in [-0.05, 0) is 91.9 Å². The number of amides is 1. The van der Waals surface area contributed by atoms with Gasteiger partial charge in [-0.3, -0.25) is 14.2 Å². The second kappa shape index (κ2) is 11.0. The predicted molar refractivity (Wildman–Crippen MR) is 147 cm³/mol. The summed E-state index contributed by atoms with van der Waals surface area (Å²) in [7, 11) is -6.07. The van der Waals surface area contributed by atoms with E-state index in [1.807, 2.05) is 6.92 Å². The zero-order valence-corrected chi connectivity index (χ0v) is 22.1. The summed E-state index contributed by atoms with van der Waals surface area (Å²) in [5.41, 5.74) is 2.32. The highest BCUT2D eigenvalue weighted by molar-refractivity contribution is 7.93. The molecule has 0 fully saturated rings. The molecule has 4 rings (SSSR count). The smallest absolute Gasteiger partial charge is 0.261 e. The summed E-state index contributed by atoms with van der Waals surface area (Å²) in [6.07, 6.45) is 0. The van der Waals surface area contributed by atoms with E-state index in [9.17, 15) is 21.6 Å². The summed E-state index contributed by atoms with van der Waals surface area (Å²) in [4.78, 5) is 12.8. The summed E-state index contributed by atoms with van der Waals surface area (Å²) < 4.78 is 60.5. The summed E-state index contributed by atoms with van der Waals surface area (Å²) in [6.45, 7) is 1.87. The van der Waals surface area contributed by atoms with Crippen molar-refractivity contribution in [3.05, 3.63) is 108 Å². The van der Waals surface area contributed by atoms with E-state index in [4.69, 9.17) is 4.74 Å². The Morgan fingerprint density at radius 3 is 1.50 bits per heavy atom. The number of rotatable bonds is 9. The van der Waals surface area contributed by atoms with E-state index in [-0.39, 0.29) is 9.79 Å². The molecule has 11 heteroatoms. The molecule has 3 N–H and O–H groups in total. The van der Waals surface area contributed by atoms with Crippen molar-refractivity contribution in [1.82, 2.24) is 0 Å². The van der Waals surface area contributed by atoms with Crippen LogP contribution in [0.4, 0.5) is 17.1 Å². The summed E-state index contributed by atoms with van der Waals surface area (Å²) in [6, 6.07) is 24.6. The number of methoxy groups -OCH3 is 1. The van der Waals surface area contributed by atoms with Crippen molar-refractivity contribution in [3.8, 4) is 5.75 Å². The van der Waals surface area contributed by atoms with Gasteiger partial charge in [0, 0.05) is 22.6 Å². The van der Waals surface area contributed by atoms with Gasteiger partial charge in [0.25, 0.3) is 26.0 Å². The van der Waals surface area contributed by atoms with E-state index in [1.165, 1.54) is 67.8 Å². The van der Waals surface area contributed by atoms with Crippen molar-refractivity contribution >= 4 is 43.0 Å². The first-order valence-corrected chi connectivity index (χ1v) is 14.3. The van der Waals surface area contributed by atoms with E-state index in [2.05, 4.69) is 14.8 Å². The Bertz CT molecular complexity index is 1630. The lowest BCUT2D eigenvalue weighted by Gasteiger charge is -2.11. The van der Waals surface area contributed by atoms with E-state index in [0.29, 0.717) is 28.4 Å². The van der Waals surface area contributed by atoms with Crippen molar-refractivity contribution in [2.24, 2.45) is 0 Å². The third-order valence-electron chi connectivity index (χ3n) is 5.50. The molecule has 0 heterocycles. The number of sulfonamides is 2. The van der Waals surface area contributed by atoms with Gasteiger partial charge in [0.2, 0.25) is 0 Å². The zero-order chi connectivity index (χ0) is 27.3. The van der Waals surface area contributed by atoms with Crippen LogP contribution < -0.4 is 19.5 Å². The van der Waals surface area contributed by atoms with Crippen molar-refractivity contribution in [2.45, 2.75) is 16.7 Å². The minimum Gasteiger partial charge on any atom is -0.497 e. The van der Waals surface area contributed by atoms with Gasteiger partial charge in [0.1, 0.15) is 5.75 Å². The Balaban J connectivity index is 1.38. The first-order chi connectivity index (χ1) is 18.1. The van der Waals surface area contributed by atoms with Crippen LogP contribution in [0.3, 0.4) is 0 Å². The molecule has 0 aromatic heterocycles. The number of carbonyl (C=O) groups is 1. The SMILES string of the molecule is COc1ccc(NS(=O)(=O)c2ccc(NC(=O)c3ccc(NS(=O)(=O)c4ccc(C)cc4)cc3)cc2)cc1. The number of hydrogen-bond acceptors (Lipinski definition) is 6. The van der Waals surface area contributed by atoms with Gasteiger partial charge >= 0.3 is 0 Å². The largest absolute Gasteiger partial charge is 0.497 e. The third-order valence-corrected chi connectivity index (χ3v) is 8.29. The lowest BCUT2D eigenvalue weighted by molar-refractivity contribution is 0.102. The van der Waals surface area contributed by atoms with Gasteiger partial charge in [0.05, 0.1) is 16.9 Å². The van der Waals surface area contributed by atoms with Crippen LogP contribution in [-0.2, 0) is 20.0 Å². The van der Waals surface area contributed by atoms with Crippen LogP contribution >= 0.6 is 0 Å². The number of anilines is 3. The maximum Gasteiger partial charge on any atom is 0.261 e. The molecule has 0 aliphatic carbocycles. The summed E-state index contributed by atoms with van der Waals surface area (Å²) in [5, 5.41) is 2.69. The normalized spacial score (nSPS) is 11.4. The van der Waals surface area contributed by atoms with Gasteiger partial charge in [-0.2, -0.15) is 0 Å².